The molecule has 1 aliphatic heterocycles. The van der Waals surface area contributed by atoms with Gasteiger partial charge in [-0.2, -0.15) is 5.10 Å². The molecule has 1 aliphatic rings. The van der Waals surface area contributed by atoms with Gasteiger partial charge in [-0.15, -0.1) is 0 Å². The quantitative estimate of drug-likeness (QED) is 0.941. The number of aromatic nitrogens is 2. The lowest BCUT2D eigenvalue weighted by atomic mass is 10.1. The Kier molecular flexibility index (Phi) is 3.43. The van der Waals surface area contributed by atoms with Gasteiger partial charge in [-0.25, -0.2) is 9.07 Å². The third-order valence-corrected chi connectivity index (χ3v) is 3.53. The highest BCUT2D eigenvalue weighted by molar-refractivity contribution is 5.88. The first-order chi connectivity index (χ1) is 10.1. The molecule has 0 saturated carbocycles. The van der Waals surface area contributed by atoms with Gasteiger partial charge in [0.1, 0.15) is 5.82 Å². The maximum atomic E-state index is 13.0. The summed E-state index contributed by atoms with van der Waals surface area (Å²) >= 11 is 0. The van der Waals surface area contributed by atoms with E-state index >= 15 is 0 Å². The second kappa shape index (κ2) is 5.40. The Balaban J connectivity index is 1.92. The summed E-state index contributed by atoms with van der Waals surface area (Å²) in [5, 5.41) is 7.04. The molecule has 0 radical (unpaired) electrons. The fourth-order valence-corrected chi connectivity index (χ4v) is 2.37. The van der Waals surface area contributed by atoms with E-state index in [9.17, 15) is 9.18 Å². The molecule has 0 fully saturated rings. The molecule has 1 unspecified atom stereocenters. The van der Waals surface area contributed by atoms with Gasteiger partial charge in [0.15, 0.2) is 0 Å². The van der Waals surface area contributed by atoms with E-state index in [4.69, 9.17) is 0 Å². The molecule has 2 aromatic rings. The van der Waals surface area contributed by atoms with Crippen LogP contribution in [0.1, 0.15) is 24.8 Å². The summed E-state index contributed by atoms with van der Waals surface area (Å²) in [6.45, 7) is 1.99. The lowest BCUT2D eigenvalue weighted by Crippen LogP contribution is -2.46. The van der Waals surface area contributed by atoms with Gasteiger partial charge in [0.05, 0.1) is 6.04 Å². The number of nitrogens with one attached hydrogen (secondary N) is 1. The van der Waals surface area contributed by atoms with Gasteiger partial charge in [0.25, 0.3) is 0 Å². The van der Waals surface area contributed by atoms with Gasteiger partial charge in [-0.05, 0) is 30.7 Å². The summed E-state index contributed by atoms with van der Waals surface area (Å²) in [4.78, 5) is 13.6. The van der Waals surface area contributed by atoms with E-state index in [-0.39, 0.29) is 17.8 Å². The van der Waals surface area contributed by atoms with Gasteiger partial charge >= 0.3 is 0 Å². The minimum absolute atomic E-state index is 0.0448. The average Bonchev–Trinajstić information content (AvgIpc) is 3.01. The Morgan fingerprint density at radius 1 is 1.33 bits per heavy atom. The van der Waals surface area contributed by atoms with Gasteiger partial charge in [0.2, 0.25) is 12.2 Å². The van der Waals surface area contributed by atoms with Gasteiger partial charge in [0, 0.05) is 24.7 Å². The molecular formula is C15H15FN4O. The zero-order valence-electron chi connectivity index (χ0n) is 11.5. The molecule has 1 amide bonds. The first-order valence-electron chi connectivity index (χ1n) is 6.66. The number of benzene rings is 1. The van der Waals surface area contributed by atoms with Crippen LogP contribution in [-0.4, -0.2) is 20.6 Å². The largest absolute Gasteiger partial charge is 0.332 e. The molecule has 0 spiro atoms. The van der Waals surface area contributed by atoms with Gasteiger partial charge in [-0.1, -0.05) is 12.1 Å². The number of hydrogen-bond acceptors (Lipinski definition) is 3. The Labute approximate surface area is 121 Å². The molecule has 3 rings (SSSR count). The molecule has 108 valence electrons. The van der Waals surface area contributed by atoms with Crippen molar-refractivity contribution in [3.05, 3.63) is 66.4 Å². The van der Waals surface area contributed by atoms with Crippen LogP contribution in [0.25, 0.3) is 0 Å². The number of hydrogen-bond donors (Lipinski definition) is 1. The standard InChI is InChI=1S/C15H15FN4O/c1-11(12-3-5-13(16)6-4-12)19-10-7-14(21)18-15(19)20-9-2-8-17-20/h2-11,15H,1H3,(H,18,21)/t11-,15?/m1/s1. The van der Waals surface area contributed by atoms with E-state index in [0.717, 1.165) is 5.56 Å². The highest BCUT2D eigenvalue weighted by Crippen LogP contribution is 2.27. The Hall–Kier alpha value is -2.63. The van der Waals surface area contributed by atoms with Crippen LogP contribution >= 0.6 is 0 Å². The summed E-state index contributed by atoms with van der Waals surface area (Å²) < 4.78 is 14.7. The monoisotopic (exact) mass is 286 g/mol. The van der Waals surface area contributed by atoms with Crippen molar-refractivity contribution < 1.29 is 9.18 Å². The summed E-state index contributed by atoms with van der Waals surface area (Å²) in [7, 11) is 0. The smallest absolute Gasteiger partial charge is 0.248 e. The SMILES string of the molecule is C[C@H](c1ccc(F)cc1)N1C=CC(=O)NC1n1cccn1. The fraction of sp³-hybridized carbons (Fsp3) is 0.200. The van der Waals surface area contributed by atoms with E-state index in [1.807, 2.05) is 11.8 Å². The normalized spacial score (nSPS) is 19.4. The molecule has 6 heteroatoms. The van der Waals surface area contributed by atoms with Crippen LogP contribution in [-0.2, 0) is 4.79 Å². The first-order valence-corrected chi connectivity index (χ1v) is 6.66. The molecule has 21 heavy (non-hydrogen) atoms. The summed E-state index contributed by atoms with van der Waals surface area (Å²) in [5.74, 6) is -0.435. The van der Waals surface area contributed by atoms with Crippen LogP contribution in [0.5, 0.6) is 0 Å². The molecule has 1 aromatic heterocycles. The molecule has 0 aliphatic carbocycles. The van der Waals surface area contributed by atoms with Crippen molar-refractivity contribution >= 4 is 5.91 Å². The van der Waals surface area contributed by atoms with Crippen molar-refractivity contribution in [3.8, 4) is 0 Å². The Morgan fingerprint density at radius 2 is 2.10 bits per heavy atom. The average molecular weight is 286 g/mol. The molecule has 2 atom stereocenters. The molecule has 2 heterocycles. The summed E-state index contributed by atoms with van der Waals surface area (Å²) in [6.07, 6.45) is 6.25. The van der Waals surface area contributed by atoms with E-state index in [2.05, 4.69) is 10.4 Å². The number of carbonyl (C=O) groups excluding carboxylic acids is 1. The predicted octanol–water partition coefficient (Wildman–Crippen LogP) is 2.18. The Morgan fingerprint density at radius 3 is 2.76 bits per heavy atom. The van der Waals surface area contributed by atoms with Crippen molar-refractivity contribution in [2.45, 2.75) is 19.3 Å². The first kappa shape index (κ1) is 13.4. The highest BCUT2D eigenvalue weighted by Gasteiger charge is 2.27. The fourth-order valence-electron chi connectivity index (χ4n) is 2.37. The minimum Gasteiger partial charge on any atom is -0.332 e. The van der Waals surface area contributed by atoms with Gasteiger partial charge in [-0.3, -0.25) is 4.79 Å². The molecular weight excluding hydrogens is 271 g/mol. The summed E-state index contributed by atoms with van der Waals surface area (Å²) in [6, 6.07) is 8.10. The third-order valence-electron chi connectivity index (χ3n) is 3.53. The van der Waals surface area contributed by atoms with Crippen LogP contribution in [0.4, 0.5) is 4.39 Å². The van der Waals surface area contributed by atoms with Gasteiger partial charge < -0.3 is 10.2 Å². The molecule has 1 N–H and O–H groups in total. The van der Waals surface area contributed by atoms with E-state index < -0.39 is 6.29 Å². The Bertz CT molecular complexity index is 651. The summed E-state index contributed by atoms with van der Waals surface area (Å²) in [5.41, 5.74) is 0.953. The van der Waals surface area contributed by atoms with Crippen molar-refractivity contribution in [1.82, 2.24) is 20.0 Å². The van der Waals surface area contributed by atoms with E-state index in [0.29, 0.717) is 0 Å². The molecule has 1 aromatic carbocycles. The lowest BCUT2D eigenvalue weighted by molar-refractivity contribution is -0.121. The maximum Gasteiger partial charge on any atom is 0.248 e. The van der Waals surface area contributed by atoms with Crippen molar-refractivity contribution in [2.75, 3.05) is 0 Å². The van der Waals surface area contributed by atoms with Crippen LogP contribution in [0, 0.1) is 5.82 Å². The second-order valence-corrected chi connectivity index (χ2v) is 4.86. The van der Waals surface area contributed by atoms with Crippen molar-refractivity contribution in [1.29, 1.82) is 0 Å². The number of amides is 1. The highest BCUT2D eigenvalue weighted by atomic mass is 19.1. The third kappa shape index (κ3) is 2.65. The molecule has 0 saturated heterocycles. The topological polar surface area (TPSA) is 50.2 Å². The zero-order chi connectivity index (χ0) is 14.8. The second-order valence-electron chi connectivity index (χ2n) is 4.86. The molecule has 5 nitrogen and oxygen atoms in total. The zero-order valence-corrected chi connectivity index (χ0v) is 11.5. The van der Waals surface area contributed by atoms with Crippen molar-refractivity contribution in [2.24, 2.45) is 0 Å². The number of rotatable bonds is 3. The minimum atomic E-state index is -0.405. The number of halogens is 1. The predicted molar refractivity (Wildman–Crippen MR) is 75.2 cm³/mol. The number of carbonyl (C=O) groups is 1. The van der Waals surface area contributed by atoms with Crippen LogP contribution in [0.3, 0.4) is 0 Å². The van der Waals surface area contributed by atoms with E-state index in [1.54, 1.807) is 41.5 Å². The lowest BCUT2D eigenvalue weighted by Gasteiger charge is -2.38. The van der Waals surface area contributed by atoms with Crippen LogP contribution in [0.2, 0.25) is 0 Å². The van der Waals surface area contributed by atoms with Crippen molar-refractivity contribution in [3.63, 3.8) is 0 Å². The van der Waals surface area contributed by atoms with Crippen LogP contribution in [0.15, 0.2) is 55.0 Å². The molecule has 0 bridgehead atoms. The van der Waals surface area contributed by atoms with Crippen LogP contribution < -0.4 is 5.32 Å². The maximum absolute atomic E-state index is 13.0. The number of nitrogens with zero attached hydrogens (tertiary/aromatic N) is 3. The van der Waals surface area contributed by atoms with E-state index in [1.165, 1.54) is 18.2 Å².